The number of nitrogens with one attached hydrogen (secondary N) is 2. The summed E-state index contributed by atoms with van der Waals surface area (Å²) in [5, 5.41) is 7.75. The van der Waals surface area contributed by atoms with Gasteiger partial charge in [0.05, 0.1) is 29.4 Å². The van der Waals surface area contributed by atoms with Gasteiger partial charge in [-0.05, 0) is 39.7 Å². The van der Waals surface area contributed by atoms with Crippen LogP contribution in [0.15, 0.2) is 34.1 Å². The highest BCUT2D eigenvalue weighted by molar-refractivity contribution is 7.19. The van der Waals surface area contributed by atoms with Crippen molar-refractivity contribution < 1.29 is 14.3 Å². The zero-order chi connectivity index (χ0) is 23.3. The van der Waals surface area contributed by atoms with Gasteiger partial charge in [-0.2, -0.15) is 5.10 Å². The minimum absolute atomic E-state index is 0.278. The van der Waals surface area contributed by atoms with Gasteiger partial charge in [-0.25, -0.2) is 14.3 Å². The van der Waals surface area contributed by atoms with Crippen molar-refractivity contribution in [2.45, 2.75) is 39.2 Å². The van der Waals surface area contributed by atoms with Gasteiger partial charge in [0.15, 0.2) is 0 Å². The molecule has 5 heterocycles. The van der Waals surface area contributed by atoms with Crippen LogP contribution in [0.5, 0.6) is 0 Å². The van der Waals surface area contributed by atoms with E-state index in [1.54, 1.807) is 38.5 Å². The van der Waals surface area contributed by atoms with Gasteiger partial charge in [-0.1, -0.05) is 0 Å². The summed E-state index contributed by atoms with van der Waals surface area (Å²) in [7, 11) is 1.60. The number of rotatable bonds is 3. The fourth-order valence-electron chi connectivity index (χ4n) is 3.72. The molecule has 0 spiro atoms. The largest absolute Gasteiger partial charge is 0.481 e. The highest BCUT2D eigenvalue weighted by Crippen LogP contribution is 2.35. The molecular formula is C22H22N6O4S. The third-order valence-corrected chi connectivity index (χ3v) is 6.18. The average Bonchev–Trinajstić information content (AvgIpc) is 3.30. The van der Waals surface area contributed by atoms with Crippen molar-refractivity contribution in [3.8, 4) is 0 Å². The van der Waals surface area contributed by atoms with E-state index in [9.17, 15) is 9.59 Å². The molecule has 0 aromatic carbocycles. The lowest BCUT2D eigenvalue weighted by atomic mass is 10.1. The molecule has 0 bridgehead atoms. The van der Waals surface area contributed by atoms with E-state index in [1.807, 2.05) is 12.4 Å². The molecule has 0 aliphatic carbocycles. The molecule has 0 saturated heterocycles. The van der Waals surface area contributed by atoms with Crippen LogP contribution < -0.4 is 10.9 Å². The second-order valence-electron chi connectivity index (χ2n) is 8.61. The first-order valence-electron chi connectivity index (χ1n) is 10.4. The van der Waals surface area contributed by atoms with Crippen molar-refractivity contribution in [1.82, 2.24) is 19.6 Å². The molecule has 1 amide bonds. The number of carbonyl (C=O) groups excluding carboxylic acids is 1. The van der Waals surface area contributed by atoms with Crippen molar-refractivity contribution >= 4 is 61.7 Å². The predicted molar refractivity (Wildman–Crippen MR) is 128 cm³/mol. The number of pyridine rings is 2. The smallest absolute Gasteiger partial charge is 0.412 e. The number of H-pyrrole nitrogens is 1. The average molecular weight is 467 g/mol. The SMILES string of the molecule is COC1=C(c2cn3nc4c5ncc(NC(=O)OC(C)(C)C)cc5[nH]c(=O)c4c3s2)CCC=N1. The third-order valence-electron chi connectivity index (χ3n) is 5.03. The molecule has 11 heteroatoms. The third kappa shape index (κ3) is 3.84. The van der Waals surface area contributed by atoms with Gasteiger partial charge < -0.3 is 14.5 Å². The Morgan fingerprint density at radius 1 is 1.30 bits per heavy atom. The molecule has 2 N–H and O–H groups in total. The Morgan fingerprint density at radius 3 is 2.88 bits per heavy atom. The summed E-state index contributed by atoms with van der Waals surface area (Å²) < 4.78 is 12.4. The standard InChI is InChI=1S/C22H22N6O4S/c1-22(2,3)32-21(30)25-11-8-13-16(24-9-11)17-15(18(29)26-13)20-28(27-17)10-14(33-20)12-6-5-7-23-19(12)31-4/h7-10H,5-6H2,1-4H3,(H,25,30)(H,26,29). The Labute approximate surface area is 191 Å². The monoisotopic (exact) mass is 466 g/mol. The number of allylic oxidation sites excluding steroid dienone is 1. The van der Waals surface area contributed by atoms with Gasteiger partial charge in [-0.15, -0.1) is 11.3 Å². The van der Waals surface area contributed by atoms with E-state index in [1.165, 1.54) is 17.5 Å². The quantitative estimate of drug-likeness (QED) is 0.464. The number of aromatic amines is 1. The summed E-state index contributed by atoms with van der Waals surface area (Å²) in [6, 6.07) is 1.64. The minimum atomic E-state index is -0.625. The van der Waals surface area contributed by atoms with Crippen LogP contribution in [0.25, 0.3) is 32.3 Å². The normalized spacial score (nSPS) is 14.4. The van der Waals surface area contributed by atoms with Crippen LogP contribution in [0.4, 0.5) is 10.5 Å². The molecule has 0 atom stereocenters. The number of carbonyl (C=O) groups is 1. The first kappa shape index (κ1) is 21.1. The van der Waals surface area contributed by atoms with Gasteiger partial charge >= 0.3 is 6.09 Å². The maximum absolute atomic E-state index is 13.0. The molecular weight excluding hydrogens is 444 g/mol. The summed E-state index contributed by atoms with van der Waals surface area (Å²) in [5.74, 6) is 0.584. The number of thiazole rings is 1. The van der Waals surface area contributed by atoms with Crippen LogP contribution in [0.1, 0.15) is 38.5 Å². The van der Waals surface area contributed by atoms with Gasteiger partial charge in [-0.3, -0.25) is 15.1 Å². The van der Waals surface area contributed by atoms with Crippen LogP contribution in [-0.2, 0) is 9.47 Å². The maximum Gasteiger partial charge on any atom is 0.412 e. The Bertz CT molecular complexity index is 1540. The van der Waals surface area contributed by atoms with E-state index in [0.29, 0.717) is 33.5 Å². The molecule has 10 nitrogen and oxygen atoms in total. The molecule has 1 aliphatic rings. The number of hydrogen-bond acceptors (Lipinski definition) is 8. The van der Waals surface area contributed by atoms with Gasteiger partial charge in [0, 0.05) is 18.0 Å². The Hall–Kier alpha value is -3.73. The second-order valence-corrected chi connectivity index (χ2v) is 9.64. The zero-order valence-corrected chi connectivity index (χ0v) is 19.4. The Kier molecular flexibility index (Phi) is 4.93. The molecule has 1 aliphatic heterocycles. The summed E-state index contributed by atoms with van der Waals surface area (Å²) in [6.07, 6.45) is 6.28. The van der Waals surface area contributed by atoms with E-state index in [-0.39, 0.29) is 5.56 Å². The number of nitrogens with zero attached hydrogens (tertiary/aromatic N) is 4. The predicted octanol–water partition coefficient (Wildman–Crippen LogP) is 4.31. The van der Waals surface area contributed by atoms with Crippen LogP contribution in [-0.4, -0.2) is 44.6 Å². The number of aromatic nitrogens is 4. The fourth-order valence-corrected chi connectivity index (χ4v) is 4.88. The van der Waals surface area contributed by atoms with E-state index in [2.05, 4.69) is 25.4 Å². The lowest BCUT2D eigenvalue weighted by Crippen LogP contribution is -2.27. The van der Waals surface area contributed by atoms with Crippen molar-refractivity contribution in [3.63, 3.8) is 0 Å². The van der Waals surface area contributed by atoms with Gasteiger partial charge in [0.25, 0.3) is 5.56 Å². The molecule has 0 radical (unpaired) electrons. The first-order valence-corrected chi connectivity index (χ1v) is 11.2. The molecule has 170 valence electrons. The number of anilines is 1. The number of aliphatic imine (C=N–C) groups is 1. The van der Waals surface area contributed by atoms with Crippen LogP contribution in [0, 0.1) is 0 Å². The van der Waals surface area contributed by atoms with Crippen LogP contribution in [0.2, 0.25) is 0 Å². The minimum Gasteiger partial charge on any atom is -0.481 e. The van der Waals surface area contributed by atoms with Crippen molar-refractivity contribution in [1.29, 1.82) is 0 Å². The van der Waals surface area contributed by atoms with E-state index in [0.717, 1.165) is 28.1 Å². The molecule has 0 fully saturated rings. The molecule has 4 aromatic rings. The number of fused-ring (bicyclic) bond motifs is 5. The summed E-state index contributed by atoms with van der Waals surface area (Å²) in [6.45, 7) is 5.34. The Balaban J connectivity index is 1.58. The lowest BCUT2D eigenvalue weighted by molar-refractivity contribution is 0.0636. The topological polar surface area (TPSA) is 123 Å². The van der Waals surface area contributed by atoms with E-state index >= 15 is 0 Å². The zero-order valence-electron chi connectivity index (χ0n) is 18.6. The van der Waals surface area contributed by atoms with Gasteiger partial charge in [0.2, 0.25) is 5.88 Å². The van der Waals surface area contributed by atoms with Crippen LogP contribution >= 0.6 is 11.3 Å². The second kappa shape index (κ2) is 7.69. The molecule has 5 rings (SSSR count). The first-order chi connectivity index (χ1) is 15.7. The number of amides is 1. The highest BCUT2D eigenvalue weighted by atomic mass is 32.1. The molecule has 0 unspecified atom stereocenters. The van der Waals surface area contributed by atoms with Crippen LogP contribution in [0.3, 0.4) is 0 Å². The summed E-state index contributed by atoms with van der Waals surface area (Å²) in [4.78, 5) is 38.4. The van der Waals surface area contributed by atoms with Crippen molar-refractivity contribution in [3.05, 3.63) is 39.6 Å². The van der Waals surface area contributed by atoms with E-state index in [4.69, 9.17) is 9.47 Å². The Morgan fingerprint density at radius 2 is 2.12 bits per heavy atom. The van der Waals surface area contributed by atoms with E-state index < -0.39 is 11.7 Å². The number of methoxy groups -OCH3 is 1. The number of ether oxygens (including phenoxy) is 2. The maximum atomic E-state index is 13.0. The fraction of sp³-hybridized carbons (Fsp3) is 0.318. The number of hydrogen-bond donors (Lipinski definition) is 2. The van der Waals surface area contributed by atoms with Crippen molar-refractivity contribution in [2.75, 3.05) is 12.4 Å². The highest BCUT2D eigenvalue weighted by Gasteiger charge is 2.21. The van der Waals surface area contributed by atoms with Gasteiger partial charge in [0.1, 0.15) is 26.9 Å². The summed E-state index contributed by atoms with van der Waals surface area (Å²) >= 11 is 1.47. The molecule has 33 heavy (non-hydrogen) atoms. The molecule has 4 aromatic heterocycles. The molecule has 0 saturated carbocycles. The van der Waals surface area contributed by atoms with Crippen molar-refractivity contribution in [2.24, 2.45) is 4.99 Å². The lowest BCUT2D eigenvalue weighted by Gasteiger charge is -2.19. The summed E-state index contributed by atoms with van der Waals surface area (Å²) in [5.41, 5.74) is 2.01.